The molecule has 2 N–H and O–H groups in total. The standard InChI is InChI=1S/C19H14N4O3/c20-19(24)18-11-21-9-12-3-4-22-17(12)7-13-10-23-16-2-1-14(8-15(13)16)25-5-6-26-18/h1-11,18H,(H2,20,24). The van der Waals surface area contributed by atoms with Gasteiger partial charge in [-0.3, -0.25) is 19.8 Å². The van der Waals surface area contributed by atoms with Crippen molar-refractivity contribution < 1.29 is 14.3 Å². The van der Waals surface area contributed by atoms with Crippen LogP contribution in [-0.4, -0.2) is 30.2 Å². The fraction of sp³-hybridized carbons (Fsp3) is 0.0526. The number of nitrogens with zero attached hydrogens (tertiary/aromatic N) is 3. The number of amides is 1. The molecule has 0 fully saturated rings. The molecule has 0 spiro atoms. The topological polar surface area (TPSA) is 98.6 Å². The van der Waals surface area contributed by atoms with Crippen molar-refractivity contribution in [2.45, 2.75) is 6.10 Å². The monoisotopic (exact) mass is 346 g/mol. The Morgan fingerprint density at radius 2 is 2.12 bits per heavy atom. The molecule has 0 radical (unpaired) electrons. The van der Waals surface area contributed by atoms with E-state index in [0.717, 1.165) is 28.1 Å². The second-order valence-corrected chi connectivity index (χ2v) is 5.60. The Bertz CT molecular complexity index is 980. The molecule has 4 rings (SSSR count). The maximum Gasteiger partial charge on any atom is 0.264 e. The summed E-state index contributed by atoms with van der Waals surface area (Å²) < 4.78 is 10.8. The maximum absolute atomic E-state index is 11.5. The molecule has 0 saturated carbocycles. The van der Waals surface area contributed by atoms with Gasteiger partial charge in [0.1, 0.15) is 18.3 Å². The van der Waals surface area contributed by atoms with Gasteiger partial charge in [0.2, 0.25) is 6.10 Å². The number of nitrogens with two attached hydrogens (primary N) is 1. The second-order valence-electron chi connectivity index (χ2n) is 5.60. The lowest BCUT2D eigenvalue weighted by Gasteiger charge is -2.07. The van der Waals surface area contributed by atoms with E-state index < -0.39 is 12.0 Å². The summed E-state index contributed by atoms with van der Waals surface area (Å²) in [5.41, 5.74) is 9.59. The first-order chi connectivity index (χ1) is 12.7. The number of fused-ring (bicyclic) bond motifs is 2. The minimum absolute atomic E-state index is 0.612. The van der Waals surface area contributed by atoms with Gasteiger partial charge in [-0.1, -0.05) is 0 Å². The average molecular weight is 346 g/mol. The summed E-state index contributed by atoms with van der Waals surface area (Å²) in [7, 11) is 0. The van der Waals surface area contributed by atoms with Crippen LogP contribution >= 0.6 is 0 Å². The van der Waals surface area contributed by atoms with Gasteiger partial charge in [-0.15, -0.1) is 0 Å². The van der Waals surface area contributed by atoms with Gasteiger partial charge in [-0.25, -0.2) is 0 Å². The minimum atomic E-state index is -1.00. The highest BCUT2D eigenvalue weighted by atomic mass is 16.5. The van der Waals surface area contributed by atoms with E-state index in [1.54, 1.807) is 24.7 Å². The van der Waals surface area contributed by atoms with Crippen LogP contribution in [0.2, 0.25) is 0 Å². The first-order valence-corrected chi connectivity index (χ1v) is 7.85. The highest BCUT2D eigenvalue weighted by Crippen LogP contribution is 2.35. The summed E-state index contributed by atoms with van der Waals surface area (Å²) in [5, 5.41) is 0. The molecule has 1 unspecified atom stereocenters. The number of carbonyl (C=O) groups is 1. The van der Waals surface area contributed by atoms with Crippen molar-refractivity contribution in [1.82, 2.24) is 0 Å². The molecule has 3 aliphatic rings. The van der Waals surface area contributed by atoms with Crippen molar-refractivity contribution >= 4 is 35.3 Å². The SMILES string of the molecule is NC(=O)C1C=NC=C2C=CN=C2C=C2C=Nc3ccc(cc32)OC=CO1. The Balaban J connectivity index is 1.77. The fourth-order valence-electron chi connectivity index (χ4n) is 2.59. The van der Waals surface area contributed by atoms with E-state index >= 15 is 0 Å². The van der Waals surface area contributed by atoms with E-state index in [0.29, 0.717) is 5.75 Å². The molecular weight excluding hydrogens is 332 g/mol. The Morgan fingerprint density at radius 1 is 1.19 bits per heavy atom. The molecule has 2 bridgehead atoms. The van der Waals surface area contributed by atoms with Crippen LogP contribution in [0.25, 0.3) is 5.57 Å². The summed E-state index contributed by atoms with van der Waals surface area (Å²) in [5.74, 6) is -0.0437. The highest BCUT2D eigenvalue weighted by molar-refractivity contribution is 6.26. The van der Waals surface area contributed by atoms with Crippen LogP contribution in [0, 0.1) is 0 Å². The van der Waals surface area contributed by atoms with Gasteiger partial charge < -0.3 is 15.2 Å². The number of aliphatic imine (C=N–C) groups is 3. The van der Waals surface area contributed by atoms with Crippen LogP contribution in [0.4, 0.5) is 5.69 Å². The molecule has 128 valence electrons. The van der Waals surface area contributed by atoms with Crippen LogP contribution in [0.5, 0.6) is 5.75 Å². The van der Waals surface area contributed by atoms with E-state index in [9.17, 15) is 4.79 Å². The zero-order valence-electron chi connectivity index (χ0n) is 13.6. The van der Waals surface area contributed by atoms with Crippen LogP contribution < -0.4 is 10.5 Å². The van der Waals surface area contributed by atoms with Crippen LogP contribution in [-0.2, 0) is 9.53 Å². The van der Waals surface area contributed by atoms with Crippen molar-refractivity contribution in [3.8, 4) is 5.75 Å². The molecule has 1 amide bonds. The van der Waals surface area contributed by atoms with Gasteiger partial charge in [0.15, 0.2) is 0 Å². The average Bonchev–Trinajstić information content (AvgIpc) is 3.23. The van der Waals surface area contributed by atoms with Gasteiger partial charge >= 0.3 is 0 Å². The Morgan fingerprint density at radius 3 is 3.00 bits per heavy atom. The van der Waals surface area contributed by atoms with E-state index in [1.165, 1.54) is 18.7 Å². The minimum Gasteiger partial charge on any atom is -0.479 e. The Hall–Kier alpha value is -3.74. The molecule has 0 aromatic heterocycles. The van der Waals surface area contributed by atoms with Crippen molar-refractivity contribution in [2.24, 2.45) is 20.7 Å². The summed E-state index contributed by atoms with van der Waals surface area (Å²) in [6.07, 6.45) is 11.8. The van der Waals surface area contributed by atoms with Crippen LogP contribution in [0.3, 0.4) is 0 Å². The van der Waals surface area contributed by atoms with Gasteiger partial charge in [0.25, 0.3) is 5.91 Å². The van der Waals surface area contributed by atoms with Crippen molar-refractivity contribution in [3.05, 3.63) is 66.4 Å². The maximum atomic E-state index is 11.5. The van der Waals surface area contributed by atoms with E-state index in [-0.39, 0.29) is 0 Å². The molecule has 3 heterocycles. The molecule has 26 heavy (non-hydrogen) atoms. The molecule has 1 atom stereocenters. The fourth-order valence-corrected chi connectivity index (χ4v) is 2.59. The third-order valence-electron chi connectivity index (χ3n) is 3.88. The second kappa shape index (κ2) is 6.64. The number of primary amides is 1. The van der Waals surface area contributed by atoms with Crippen LogP contribution in [0.15, 0.2) is 75.8 Å². The lowest BCUT2D eigenvalue weighted by molar-refractivity contribution is -0.123. The number of rotatable bonds is 1. The van der Waals surface area contributed by atoms with E-state index in [4.69, 9.17) is 15.2 Å². The summed E-state index contributed by atoms with van der Waals surface area (Å²) in [4.78, 5) is 24.3. The number of carbonyl (C=O) groups excluding carboxylic acids is 1. The van der Waals surface area contributed by atoms with Gasteiger partial charge in [0.05, 0.1) is 17.6 Å². The third-order valence-corrected chi connectivity index (χ3v) is 3.88. The summed E-state index contributed by atoms with van der Waals surface area (Å²) in [6, 6.07) is 5.55. The molecule has 0 aliphatic carbocycles. The van der Waals surface area contributed by atoms with Gasteiger partial charge in [-0.05, 0) is 30.4 Å². The van der Waals surface area contributed by atoms with Crippen molar-refractivity contribution in [3.63, 3.8) is 0 Å². The number of ether oxygens (including phenoxy) is 2. The highest BCUT2D eigenvalue weighted by Gasteiger charge is 2.16. The predicted molar refractivity (Wildman–Crippen MR) is 99.6 cm³/mol. The zero-order valence-corrected chi connectivity index (χ0v) is 13.6. The summed E-state index contributed by atoms with van der Waals surface area (Å²) in [6.45, 7) is 0. The molecule has 0 saturated heterocycles. The zero-order chi connectivity index (χ0) is 17.9. The number of benzene rings is 1. The Kier molecular flexibility index (Phi) is 4.03. The van der Waals surface area contributed by atoms with Gasteiger partial charge in [-0.2, -0.15) is 0 Å². The van der Waals surface area contributed by atoms with E-state index in [1.807, 2.05) is 24.3 Å². The first kappa shape index (κ1) is 15.8. The molecule has 7 nitrogen and oxygen atoms in total. The molecule has 1 aromatic rings. The van der Waals surface area contributed by atoms with E-state index in [2.05, 4.69) is 15.0 Å². The smallest absolute Gasteiger partial charge is 0.264 e. The number of hydrogen-bond donors (Lipinski definition) is 1. The Labute approximate surface area is 149 Å². The molecular formula is C19H14N4O3. The quantitative estimate of drug-likeness (QED) is 0.845. The molecule has 7 heteroatoms. The van der Waals surface area contributed by atoms with Crippen LogP contribution in [0.1, 0.15) is 5.56 Å². The first-order valence-electron chi connectivity index (χ1n) is 7.85. The van der Waals surface area contributed by atoms with Crippen molar-refractivity contribution in [2.75, 3.05) is 0 Å². The van der Waals surface area contributed by atoms with Gasteiger partial charge in [0, 0.05) is 35.3 Å². The predicted octanol–water partition coefficient (Wildman–Crippen LogP) is 2.44. The number of allylic oxidation sites excluding steroid dienone is 4. The largest absolute Gasteiger partial charge is 0.479 e. The molecule has 3 aliphatic heterocycles. The normalized spacial score (nSPS) is 20.2. The van der Waals surface area contributed by atoms with Crippen molar-refractivity contribution in [1.29, 1.82) is 0 Å². The number of hydrogen-bond acceptors (Lipinski definition) is 6. The lowest BCUT2D eigenvalue weighted by atomic mass is 10.0. The molecule has 1 aromatic carbocycles. The lowest BCUT2D eigenvalue weighted by Crippen LogP contribution is -2.31. The summed E-state index contributed by atoms with van der Waals surface area (Å²) >= 11 is 0. The third kappa shape index (κ3) is 3.10.